The standard InChI is InChI=1S/C11H13NO3S/c1-8(7-16)6-15-11-5-10(12(13)14)4-3-9(11)2/h3-5,16H,1,6-7H2,2H3. The van der Waals surface area contributed by atoms with Crippen LogP contribution in [0.3, 0.4) is 0 Å². The zero-order valence-corrected chi connectivity index (χ0v) is 9.87. The van der Waals surface area contributed by atoms with Crippen molar-refractivity contribution in [2.45, 2.75) is 6.92 Å². The number of benzene rings is 1. The first-order valence-corrected chi connectivity index (χ1v) is 5.33. The zero-order valence-electron chi connectivity index (χ0n) is 8.97. The second-order valence-corrected chi connectivity index (χ2v) is 3.72. The molecule has 0 radical (unpaired) electrons. The highest BCUT2D eigenvalue weighted by atomic mass is 32.1. The molecule has 0 fully saturated rings. The Hall–Kier alpha value is -1.49. The normalized spacial score (nSPS) is 9.88. The lowest BCUT2D eigenvalue weighted by atomic mass is 10.2. The van der Waals surface area contributed by atoms with Crippen LogP contribution in [0.25, 0.3) is 0 Å². The number of hydrogen-bond acceptors (Lipinski definition) is 4. The van der Waals surface area contributed by atoms with Gasteiger partial charge in [-0.2, -0.15) is 12.6 Å². The van der Waals surface area contributed by atoms with Gasteiger partial charge in [0.25, 0.3) is 5.69 Å². The van der Waals surface area contributed by atoms with Crippen LogP contribution in [0, 0.1) is 17.0 Å². The number of nitro benzene ring substituents is 1. The quantitative estimate of drug-likeness (QED) is 0.372. The van der Waals surface area contributed by atoms with Crippen molar-refractivity contribution in [2.75, 3.05) is 12.4 Å². The van der Waals surface area contributed by atoms with Gasteiger partial charge >= 0.3 is 0 Å². The first-order chi connectivity index (χ1) is 7.54. The molecule has 4 nitrogen and oxygen atoms in total. The van der Waals surface area contributed by atoms with E-state index < -0.39 is 4.92 Å². The summed E-state index contributed by atoms with van der Waals surface area (Å²) >= 11 is 4.05. The Morgan fingerprint density at radius 3 is 2.88 bits per heavy atom. The van der Waals surface area contributed by atoms with Gasteiger partial charge in [-0.15, -0.1) is 0 Å². The van der Waals surface area contributed by atoms with Gasteiger partial charge in [0.2, 0.25) is 0 Å². The number of nitro groups is 1. The van der Waals surface area contributed by atoms with Crippen LogP contribution in [0.4, 0.5) is 5.69 Å². The number of thiol groups is 1. The summed E-state index contributed by atoms with van der Waals surface area (Å²) in [6, 6.07) is 4.54. The summed E-state index contributed by atoms with van der Waals surface area (Å²) in [5.74, 6) is 1.05. The number of hydrogen-bond donors (Lipinski definition) is 1. The lowest BCUT2D eigenvalue weighted by molar-refractivity contribution is -0.384. The molecule has 0 saturated heterocycles. The van der Waals surface area contributed by atoms with Gasteiger partial charge in [-0.1, -0.05) is 6.58 Å². The number of rotatable bonds is 5. The first kappa shape index (κ1) is 12.6. The summed E-state index contributed by atoms with van der Waals surface area (Å²) in [5.41, 5.74) is 1.71. The summed E-state index contributed by atoms with van der Waals surface area (Å²) in [5, 5.41) is 10.6. The van der Waals surface area contributed by atoms with E-state index in [0.29, 0.717) is 18.1 Å². The molecule has 0 spiro atoms. The lowest BCUT2D eigenvalue weighted by Crippen LogP contribution is -2.03. The Labute approximate surface area is 99.5 Å². The third-order valence-corrected chi connectivity index (χ3v) is 2.49. The van der Waals surface area contributed by atoms with E-state index in [1.807, 2.05) is 6.92 Å². The van der Waals surface area contributed by atoms with Crippen LogP contribution in [0.5, 0.6) is 5.75 Å². The average Bonchev–Trinajstić information content (AvgIpc) is 2.27. The van der Waals surface area contributed by atoms with E-state index in [2.05, 4.69) is 19.2 Å². The van der Waals surface area contributed by atoms with Crippen molar-refractivity contribution in [1.29, 1.82) is 0 Å². The van der Waals surface area contributed by atoms with Crippen LogP contribution in [0.1, 0.15) is 5.56 Å². The zero-order chi connectivity index (χ0) is 12.1. The Kier molecular flexibility index (Phi) is 4.37. The molecule has 0 aliphatic heterocycles. The number of non-ortho nitro benzene ring substituents is 1. The third kappa shape index (κ3) is 3.27. The molecule has 0 saturated carbocycles. The fourth-order valence-corrected chi connectivity index (χ4v) is 1.17. The highest BCUT2D eigenvalue weighted by Gasteiger charge is 2.09. The van der Waals surface area contributed by atoms with Crippen molar-refractivity contribution >= 4 is 18.3 Å². The third-order valence-electron chi connectivity index (χ3n) is 2.04. The monoisotopic (exact) mass is 239 g/mol. The van der Waals surface area contributed by atoms with Crippen LogP contribution >= 0.6 is 12.6 Å². The minimum Gasteiger partial charge on any atom is -0.489 e. The van der Waals surface area contributed by atoms with E-state index >= 15 is 0 Å². The molecular formula is C11H13NO3S. The molecule has 1 aromatic carbocycles. The van der Waals surface area contributed by atoms with Crippen molar-refractivity contribution in [3.63, 3.8) is 0 Å². The molecule has 0 heterocycles. The fourth-order valence-electron chi connectivity index (χ4n) is 1.08. The summed E-state index contributed by atoms with van der Waals surface area (Å²) in [4.78, 5) is 10.1. The van der Waals surface area contributed by atoms with E-state index in [0.717, 1.165) is 11.1 Å². The van der Waals surface area contributed by atoms with Crippen molar-refractivity contribution in [3.05, 3.63) is 46.0 Å². The molecule has 0 atom stereocenters. The lowest BCUT2D eigenvalue weighted by Gasteiger charge is -2.09. The van der Waals surface area contributed by atoms with Gasteiger partial charge in [0.05, 0.1) is 11.0 Å². The molecular weight excluding hydrogens is 226 g/mol. The SMILES string of the molecule is C=C(CS)COc1cc([N+](=O)[O-])ccc1C. The number of aryl methyl sites for hydroxylation is 1. The van der Waals surface area contributed by atoms with E-state index in [1.165, 1.54) is 12.1 Å². The minimum atomic E-state index is -0.445. The predicted octanol–water partition coefficient (Wildman–Crippen LogP) is 2.77. The molecule has 0 unspecified atom stereocenters. The largest absolute Gasteiger partial charge is 0.489 e. The van der Waals surface area contributed by atoms with Gasteiger partial charge in [-0.25, -0.2) is 0 Å². The Balaban J connectivity index is 2.82. The summed E-state index contributed by atoms with van der Waals surface area (Å²) in [6.45, 7) is 5.90. The Morgan fingerprint density at radius 2 is 2.31 bits per heavy atom. The molecule has 0 amide bonds. The molecule has 0 bridgehead atoms. The topological polar surface area (TPSA) is 52.4 Å². The van der Waals surface area contributed by atoms with Crippen molar-refractivity contribution in [2.24, 2.45) is 0 Å². The summed E-state index contributed by atoms with van der Waals surface area (Å²) < 4.78 is 5.43. The van der Waals surface area contributed by atoms with Crippen LogP contribution in [0.2, 0.25) is 0 Å². The fraction of sp³-hybridized carbons (Fsp3) is 0.273. The molecule has 1 aromatic rings. The smallest absolute Gasteiger partial charge is 0.273 e. The average molecular weight is 239 g/mol. The molecule has 0 aliphatic carbocycles. The number of nitrogens with zero attached hydrogens (tertiary/aromatic N) is 1. The summed E-state index contributed by atoms with van der Waals surface area (Å²) in [7, 11) is 0. The van der Waals surface area contributed by atoms with Gasteiger partial charge in [0.1, 0.15) is 12.4 Å². The van der Waals surface area contributed by atoms with Gasteiger partial charge < -0.3 is 4.74 Å². The summed E-state index contributed by atoms with van der Waals surface area (Å²) in [6.07, 6.45) is 0. The maximum Gasteiger partial charge on any atom is 0.273 e. The van der Waals surface area contributed by atoms with Crippen LogP contribution < -0.4 is 4.74 Å². The minimum absolute atomic E-state index is 0.0251. The van der Waals surface area contributed by atoms with Crippen LogP contribution in [0.15, 0.2) is 30.4 Å². The van der Waals surface area contributed by atoms with Crippen molar-refractivity contribution in [3.8, 4) is 5.75 Å². The Morgan fingerprint density at radius 1 is 1.62 bits per heavy atom. The van der Waals surface area contributed by atoms with E-state index in [1.54, 1.807) is 6.07 Å². The maximum absolute atomic E-state index is 10.6. The van der Waals surface area contributed by atoms with Crippen LogP contribution in [-0.2, 0) is 0 Å². The second kappa shape index (κ2) is 5.55. The molecule has 16 heavy (non-hydrogen) atoms. The van der Waals surface area contributed by atoms with Gasteiger partial charge in [-0.3, -0.25) is 10.1 Å². The van der Waals surface area contributed by atoms with Crippen LogP contribution in [-0.4, -0.2) is 17.3 Å². The Bertz CT molecular complexity index is 418. The van der Waals surface area contributed by atoms with E-state index in [-0.39, 0.29) is 5.69 Å². The van der Waals surface area contributed by atoms with Crippen molar-refractivity contribution < 1.29 is 9.66 Å². The van der Waals surface area contributed by atoms with Gasteiger partial charge in [-0.05, 0) is 24.1 Å². The molecule has 1 rings (SSSR count). The number of ether oxygens (including phenoxy) is 1. The predicted molar refractivity (Wildman–Crippen MR) is 66.3 cm³/mol. The first-order valence-electron chi connectivity index (χ1n) is 4.70. The second-order valence-electron chi connectivity index (χ2n) is 3.40. The maximum atomic E-state index is 10.6. The highest BCUT2D eigenvalue weighted by Crippen LogP contribution is 2.24. The highest BCUT2D eigenvalue weighted by molar-refractivity contribution is 7.80. The molecule has 0 aromatic heterocycles. The molecule has 0 aliphatic rings. The van der Waals surface area contributed by atoms with E-state index in [9.17, 15) is 10.1 Å². The van der Waals surface area contributed by atoms with Gasteiger partial charge in [0, 0.05) is 11.8 Å². The van der Waals surface area contributed by atoms with E-state index in [4.69, 9.17) is 4.74 Å². The van der Waals surface area contributed by atoms with Gasteiger partial charge in [0.15, 0.2) is 0 Å². The van der Waals surface area contributed by atoms with Crippen molar-refractivity contribution in [1.82, 2.24) is 0 Å². The molecule has 86 valence electrons. The molecule has 5 heteroatoms. The molecule has 0 N–H and O–H groups in total.